The summed E-state index contributed by atoms with van der Waals surface area (Å²) in [5, 5.41) is 5.67. The molecule has 4 nitrogen and oxygen atoms in total. The third kappa shape index (κ3) is 3.14. The van der Waals surface area contributed by atoms with E-state index in [1.165, 1.54) is 24.4 Å². The molecule has 0 fully saturated rings. The molecule has 2 aromatic rings. The van der Waals surface area contributed by atoms with Crippen LogP contribution >= 0.6 is 15.9 Å². The summed E-state index contributed by atoms with van der Waals surface area (Å²) in [5.41, 5.74) is 2.43. The van der Waals surface area contributed by atoms with Gasteiger partial charge in [0.25, 0.3) is 5.91 Å². The molecule has 1 heterocycles. The van der Waals surface area contributed by atoms with Gasteiger partial charge in [-0.15, -0.1) is 0 Å². The molecular formula is C14H13BrFN3O. The maximum absolute atomic E-state index is 13.0. The molecule has 0 radical (unpaired) electrons. The topological polar surface area (TPSA) is 54.0 Å². The summed E-state index contributed by atoms with van der Waals surface area (Å²) in [7, 11) is 1.74. The minimum Gasteiger partial charge on any atom is -0.387 e. The number of anilines is 2. The first kappa shape index (κ1) is 14.5. The highest BCUT2D eigenvalue weighted by molar-refractivity contribution is 9.10. The number of hydrogen-bond acceptors (Lipinski definition) is 3. The number of hydrogen-bond donors (Lipinski definition) is 2. The van der Waals surface area contributed by atoms with Crippen LogP contribution in [0.4, 0.5) is 15.8 Å². The Hall–Kier alpha value is -1.95. The van der Waals surface area contributed by atoms with Crippen LogP contribution in [-0.2, 0) is 0 Å². The number of nitrogens with zero attached hydrogens (tertiary/aromatic N) is 1. The highest BCUT2D eigenvalue weighted by Gasteiger charge is 2.13. The van der Waals surface area contributed by atoms with Gasteiger partial charge in [0, 0.05) is 23.4 Å². The fraction of sp³-hybridized carbons (Fsp3) is 0.143. The van der Waals surface area contributed by atoms with Crippen LogP contribution in [0.2, 0.25) is 0 Å². The zero-order chi connectivity index (χ0) is 14.7. The van der Waals surface area contributed by atoms with Crippen LogP contribution in [0.15, 0.2) is 34.9 Å². The van der Waals surface area contributed by atoms with Gasteiger partial charge in [-0.05, 0) is 47.1 Å². The number of carbonyl (C=O) groups excluding carboxylic acids is 1. The molecule has 2 rings (SSSR count). The van der Waals surface area contributed by atoms with Crippen molar-refractivity contribution in [2.75, 3.05) is 17.7 Å². The van der Waals surface area contributed by atoms with Gasteiger partial charge in [0.1, 0.15) is 5.82 Å². The number of benzene rings is 1. The van der Waals surface area contributed by atoms with E-state index in [0.717, 1.165) is 5.69 Å². The van der Waals surface area contributed by atoms with Crippen molar-refractivity contribution < 1.29 is 9.18 Å². The number of carbonyl (C=O) groups is 1. The number of halogens is 2. The van der Waals surface area contributed by atoms with E-state index in [-0.39, 0.29) is 11.7 Å². The summed E-state index contributed by atoms with van der Waals surface area (Å²) in [6, 6.07) is 5.86. The van der Waals surface area contributed by atoms with E-state index in [9.17, 15) is 9.18 Å². The average Bonchev–Trinajstić information content (AvgIpc) is 2.41. The molecule has 20 heavy (non-hydrogen) atoms. The van der Waals surface area contributed by atoms with Crippen molar-refractivity contribution in [3.05, 3.63) is 52.0 Å². The Bertz CT molecular complexity index is 661. The number of amides is 1. The normalized spacial score (nSPS) is 10.2. The van der Waals surface area contributed by atoms with E-state index >= 15 is 0 Å². The molecule has 0 saturated heterocycles. The molecule has 0 aliphatic carbocycles. The van der Waals surface area contributed by atoms with Gasteiger partial charge >= 0.3 is 0 Å². The van der Waals surface area contributed by atoms with E-state index in [1.807, 2.05) is 6.92 Å². The lowest BCUT2D eigenvalue weighted by molar-refractivity contribution is 0.102. The second-order valence-corrected chi connectivity index (χ2v) is 5.05. The van der Waals surface area contributed by atoms with Crippen LogP contribution in [0.25, 0.3) is 0 Å². The Morgan fingerprint density at radius 2 is 2.05 bits per heavy atom. The quantitative estimate of drug-likeness (QED) is 0.899. The van der Waals surface area contributed by atoms with Gasteiger partial charge in [-0.25, -0.2) is 4.39 Å². The lowest BCUT2D eigenvalue weighted by atomic mass is 10.2. The van der Waals surface area contributed by atoms with Gasteiger partial charge in [-0.1, -0.05) is 0 Å². The summed E-state index contributed by atoms with van der Waals surface area (Å²) in [6.07, 6.45) is 1.51. The summed E-state index contributed by atoms with van der Waals surface area (Å²) in [6.45, 7) is 1.85. The van der Waals surface area contributed by atoms with Crippen LogP contribution in [0.1, 0.15) is 16.1 Å². The highest BCUT2D eigenvalue weighted by Crippen LogP contribution is 2.24. The molecule has 0 bridgehead atoms. The Morgan fingerprint density at radius 3 is 2.70 bits per heavy atom. The molecular weight excluding hydrogens is 325 g/mol. The number of nitrogens with one attached hydrogen (secondary N) is 2. The molecule has 0 unspecified atom stereocenters. The average molecular weight is 338 g/mol. The summed E-state index contributed by atoms with van der Waals surface area (Å²) in [5.74, 6) is -0.683. The molecule has 104 valence electrons. The highest BCUT2D eigenvalue weighted by atomic mass is 79.9. The molecule has 0 aliphatic rings. The fourth-order valence-corrected chi connectivity index (χ4v) is 2.18. The lowest BCUT2D eigenvalue weighted by Crippen LogP contribution is -2.15. The van der Waals surface area contributed by atoms with E-state index in [1.54, 1.807) is 13.1 Å². The van der Waals surface area contributed by atoms with Gasteiger partial charge in [0.15, 0.2) is 0 Å². The monoisotopic (exact) mass is 337 g/mol. The minimum atomic E-state index is -0.372. The van der Waals surface area contributed by atoms with Crippen LogP contribution in [0, 0.1) is 12.7 Å². The third-order valence-corrected chi connectivity index (χ3v) is 3.39. The van der Waals surface area contributed by atoms with Gasteiger partial charge < -0.3 is 10.6 Å². The molecule has 1 amide bonds. The van der Waals surface area contributed by atoms with Crippen molar-refractivity contribution in [1.82, 2.24) is 4.98 Å². The van der Waals surface area contributed by atoms with Crippen LogP contribution in [-0.4, -0.2) is 17.9 Å². The Balaban J connectivity index is 2.28. The van der Waals surface area contributed by atoms with Crippen molar-refractivity contribution >= 4 is 33.2 Å². The number of aromatic nitrogens is 1. The first-order chi connectivity index (χ1) is 9.51. The van der Waals surface area contributed by atoms with E-state index in [0.29, 0.717) is 21.4 Å². The summed E-state index contributed by atoms with van der Waals surface area (Å²) in [4.78, 5) is 16.4. The first-order valence-corrected chi connectivity index (χ1v) is 6.71. The van der Waals surface area contributed by atoms with Crippen molar-refractivity contribution in [3.8, 4) is 0 Å². The Kier molecular flexibility index (Phi) is 4.34. The zero-order valence-corrected chi connectivity index (χ0v) is 12.6. The fourth-order valence-electron chi connectivity index (χ4n) is 1.73. The van der Waals surface area contributed by atoms with E-state index in [2.05, 4.69) is 31.5 Å². The van der Waals surface area contributed by atoms with Crippen LogP contribution < -0.4 is 10.6 Å². The standard InChI is InChI=1S/C14H13BrFN3O/c1-8-5-13(17-2)10(7-18-8)14(20)19-12-4-3-9(16)6-11(12)15/h3-7H,1-2H3,(H,17,18)(H,19,20). The summed E-state index contributed by atoms with van der Waals surface area (Å²) >= 11 is 3.21. The second kappa shape index (κ2) is 6.00. The molecule has 0 saturated carbocycles. The Labute approximate surface area is 124 Å². The predicted molar refractivity (Wildman–Crippen MR) is 80.6 cm³/mol. The van der Waals surface area contributed by atoms with Crippen molar-refractivity contribution in [2.24, 2.45) is 0 Å². The van der Waals surface area contributed by atoms with E-state index < -0.39 is 0 Å². The number of pyridine rings is 1. The molecule has 0 spiro atoms. The number of rotatable bonds is 3. The minimum absolute atomic E-state index is 0.311. The lowest BCUT2D eigenvalue weighted by Gasteiger charge is -2.11. The van der Waals surface area contributed by atoms with Crippen LogP contribution in [0.3, 0.4) is 0 Å². The molecule has 2 N–H and O–H groups in total. The number of aryl methyl sites for hydroxylation is 1. The third-order valence-electron chi connectivity index (χ3n) is 2.73. The SMILES string of the molecule is CNc1cc(C)ncc1C(=O)Nc1ccc(F)cc1Br. The van der Waals surface area contributed by atoms with E-state index in [4.69, 9.17) is 0 Å². The molecule has 0 aliphatic heterocycles. The molecule has 1 aromatic heterocycles. The van der Waals surface area contributed by atoms with Crippen LogP contribution in [0.5, 0.6) is 0 Å². The zero-order valence-electron chi connectivity index (χ0n) is 11.0. The molecule has 0 atom stereocenters. The molecule has 1 aromatic carbocycles. The van der Waals surface area contributed by atoms with Crippen molar-refractivity contribution in [2.45, 2.75) is 6.92 Å². The predicted octanol–water partition coefficient (Wildman–Crippen LogP) is 3.59. The summed E-state index contributed by atoms with van der Waals surface area (Å²) < 4.78 is 13.5. The maximum Gasteiger partial charge on any atom is 0.259 e. The van der Waals surface area contributed by atoms with Gasteiger partial charge in [0.2, 0.25) is 0 Å². The van der Waals surface area contributed by atoms with Gasteiger partial charge in [-0.3, -0.25) is 9.78 Å². The van der Waals surface area contributed by atoms with Gasteiger partial charge in [0.05, 0.1) is 16.9 Å². The maximum atomic E-state index is 13.0. The van der Waals surface area contributed by atoms with Crippen molar-refractivity contribution in [1.29, 1.82) is 0 Å². The first-order valence-electron chi connectivity index (χ1n) is 5.92. The largest absolute Gasteiger partial charge is 0.387 e. The van der Waals surface area contributed by atoms with Crippen molar-refractivity contribution in [3.63, 3.8) is 0 Å². The smallest absolute Gasteiger partial charge is 0.259 e. The van der Waals surface area contributed by atoms with Gasteiger partial charge in [-0.2, -0.15) is 0 Å². The molecule has 6 heteroatoms. The Morgan fingerprint density at radius 1 is 1.30 bits per heavy atom. The second-order valence-electron chi connectivity index (χ2n) is 4.20.